The first-order chi connectivity index (χ1) is 11.5. The first kappa shape index (κ1) is 19.2. The molecule has 0 bridgehead atoms. The molecule has 134 valence electrons. The van der Waals surface area contributed by atoms with E-state index in [0.717, 1.165) is 18.4 Å². The summed E-state index contributed by atoms with van der Waals surface area (Å²) in [5.41, 5.74) is -1.31. The third kappa shape index (κ3) is 4.09. The summed E-state index contributed by atoms with van der Waals surface area (Å²) < 4.78 is 29.8. The maximum Gasteiger partial charge on any atom is 0.341 e. The minimum Gasteiger partial charge on any atom is -0.497 e. The lowest BCUT2D eigenvalue weighted by Gasteiger charge is -2.39. The van der Waals surface area contributed by atoms with Crippen molar-refractivity contribution in [2.45, 2.75) is 44.4 Å². The molecule has 0 amide bonds. The van der Waals surface area contributed by atoms with Gasteiger partial charge in [0.15, 0.2) is 0 Å². The molecule has 1 aliphatic carbocycles. The molecular weight excluding hydrogens is 327 g/mol. The summed E-state index contributed by atoms with van der Waals surface area (Å²) in [5, 5.41) is 11.2. The van der Waals surface area contributed by atoms with Crippen molar-refractivity contribution in [1.82, 2.24) is 0 Å². The first-order valence-electron chi connectivity index (χ1n) is 8.42. The Kier molecular flexibility index (Phi) is 6.64. The molecule has 2 atom stereocenters. The van der Waals surface area contributed by atoms with Crippen molar-refractivity contribution < 1.29 is 23.5 Å². The topological polar surface area (TPSA) is 65.0 Å². The van der Waals surface area contributed by atoms with Crippen LogP contribution in [-0.2, 0) is 13.6 Å². The molecule has 1 aromatic rings. The Balaban J connectivity index is 2.52. The Hall–Kier alpha value is -1.13. The second kappa shape index (κ2) is 8.30. The van der Waals surface area contributed by atoms with Gasteiger partial charge in [0.2, 0.25) is 0 Å². The van der Waals surface area contributed by atoms with Crippen LogP contribution in [-0.4, -0.2) is 31.0 Å². The van der Waals surface area contributed by atoms with Gasteiger partial charge in [-0.25, -0.2) is 0 Å². The molecule has 0 saturated carbocycles. The van der Waals surface area contributed by atoms with E-state index >= 15 is 0 Å². The molecule has 0 saturated heterocycles. The number of aliphatic hydroxyl groups is 1. The second-order valence-corrected chi connectivity index (χ2v) is 7.95. The number of hydrogen-bond donors (Lipinski definition) is 1. The molecule has 2 rings (SSSR count). The summed E-state index contributed by atoms with van der Waals surface area (Å²) >= 11 is 0. The summed E-state index contributed by atoms with van der Waals surface area (Å²) in [5.74, 6) is 0.700. The van der Waals surface area contributed by atoms with Gasteiger partial charge >= 0.3 is 7.60 Å². The SMILES string of the molecule is CCOP(=O)(OCC)C(c1ccc(OC)cc1)C1(O)C=CCCC1. The predicted molar refractivity (Wildman–Crippen MR) is 94.5 cm³/mol. The normalized spacial score (nSPS) is 22.3. The molecule has 2 unspecified atom stereocenters. The number of hydrogen-bond acceptors (Lipinski definition) is 5. The van der Waals surface area contributed by atoms with Crippen LogP contribution < -0.4 is 4.74 Å². The van der Waals surface area contributed by atoms with Gasteiger partial charge in [-0.05, 0) is 50.8 Å². The van der Waals surface area contributed by atoms with Crippen molar-refractivity contribution in [3.63, 3.8) is 0 Å². The lowest BCUT2D eigenvalue weighted by atomic mass is 9.85. The number of methoxy groups -OCH3 is 1. The van der Waals surface area contributed by atoms with Crippen LogP contribution in [0.25, 0.3) is 0 Å². The molecule has 5 nitrogen and oxygen atoms in total. The number of rotatable bonds is 8. The molecule has 0 radical (unpaired) electrons. The van der Waals surface area contributed by atoms with Crippen LogP contribution in [0.15, 0.2) is 36.4 Å². The van der Waals surface area contributed by atoms with Crippen molar-refractivity contribution >= 4 is 7.60 Å². The highest BCUT2D eigenvalue weighted by molar-refractivity contribution is 7.54. The predicted octanol–water partition coefficient (Wildman–Crippen LogP) is 4.47. The Morgan fingerprint density at radius 3 is 2.29 bits per heavy atom. The zero-order valence-corrected chi connectivity index (χ0v) is 15.5. The molecular formula is C18H27O5P. The minimum absolute atomic E-state index is 0.254. The zero-order chi connectivity index (χ0) is 17.6. The fourth-order valence-electron chi connectivity index (χ4n) is 3.18. The Labute approximate surface area is 144 Å². The molecule has 1 aromatic carbocycles. The Morgan fingerprint density at radius 2 is 1.83 bits per heavy atom. The average Bonchev–Trinajstić information content (AvgIpc) is 2.56. The van der Waals surface area contributed by atoms with Crippen LogP contribution in [0.3, 0.4) is 0 Å². The molecule has 1 aliphatic rings. The fourth-order valence-corrected chi connectivity index (χ4v) is 5.57. The highest BCUT2D eigenvalue weighted by atomic mass is 31.2. The average molecular weight is 354 g/mol. The van der Waals surface area contributed by atoms with Crippen molar-refractivity contribution in [1.29, 1.82) is 0 Å². The van der Waals surface area contributed by atoms with Gasteiger partial charge in [-0.1, -0.05) is 24.3 Å². The van der Waals surface area contributed by atoms with Crippen LogP contribution in [0.4, 0.5) is 0 Å². The van der Waals surface area contributed by atoms with Crippen molar-refractivity contribution in [2.75, 3.05) is 20.3 Å². The molecule has 0 fully saturated rings. The highest BCUT2D eigenvalue weighted by Gasteiger charge is 2.50. The highest BCUT2D eigenvalue weighted by Crippen LogP contribution is 2.66. The van der Waals surface area contributed by atoms with Crippen molar-refractivity contribution in [3.05, 3.63) is 42.0 Å². The second-order valence-electron chi connectivity index (χ2n) is 5.84. The molecule has 0 heterocycles. The smallest absolute Gasteiger partial charge is 0.341 e. The monoisotopic (exact) mass is 354 g/mol. The molecule has 1 N–H and O–H groups in total. The molecule has 0 spiro atoms. The summed E-state index contributed by atoms with van der Waals surface area (Å²) in [6, 6.07) is 7.21. The van der Waals surface area contributed by atoms with Gasteiger partial charge < -0.3 is 18.9 Å². The third-order valence-electron chi connectivity index (χ3n) is 4.19. The number of benzene rings is 1. The lowest BCUT2D eigenvalue weighted by molar-refractivity contribution is 0.0551. The Morgan fingerprint density at radius 1 is 1.21 bits per heavy atom. The summed E-state index contributed by atoms with van der Waals surface area (Å²) in [6.07, 6.45) is 5.94. The van der Waals surface area contributed by atoms with E-state index in [9.17, 15) is 9.67 Å². The van der Waals surface area contributed by atoms with Crippen LogP contribution in [0.5, 0.6) is 5.75 Å². The number of allylic oxidation sites excluding steroid dienone is 1. The van der Waals surface area contributed by atoms with E-state index < -0.39 is 18.9 Å². The van der Waals surface area contributed by atoms with Crippen LogP contribution in [0, 0.1) is 0 Å². The summed E-state index contributed by atoms with van der Waals surface area (Å²) in [6.45, 7) is 4.06. The van der Waals surface area contributed by atoms with Crippen LogP contribution in [0.1, 0.15) is 44.3 Å². The fraction of sp³-hybridized carbons (Fsp3) is 0.556. The standard InChI is InChI=1S/C18H27O5P/c1-4-22-24(20,23-5-2)17(18(19)13-7-6-8-14-18)15-9-11-16(21-3)12-10-15/h7,9-13,17,19H,4-6,8,14H2,1-3H3. The van der Waals surface area contributed by atoms with E-state index in [4.69, 9.17) is 13.8 Å². The molecule has 0 aromatic heterocycles. The van der Waals surface area contributed by atoms with Gasteiger partial charge in [0.1, 0.15) is 17.0 Å². The van der Waals surface area contributed by atoms with E-state index in [1.165, 1.54) is 0 Å². The quantitative estimate of drug-likeness (QED) is 0.551. The summed E-state index contributed by atoms with van der Waals surface area (Å²) in [7, 11) is -1.96. The van der Waals surface area contributed by atoms with Gasteiger partial charge in [0.05, 0.1) is 20.3 Å². The molecule has 6 heteroatoms. The van der Waals surface area contributed by atoms with Gasteiger partial charge in [-0.2, -0.15) is 0 Å². The van der Waals surface area contributed by atoms with Crippen molar-refractivity contribution in [3.8, 4) is 5.75 Å². The van der Waals surface area contributed by atoms with Gasteiger partial charge in [-0.3, -0.25) is 4.57 Å². The Bertz CT molecular complexity index is 588. The van der Waals surface area contributed by atoms with E-state index in [1.54, 1.807) is 39.2 Å². The van der Waals surface area contributed by atoms with E-state index in [2.05, 4.69) is 0 Å². The van der Waals surface area contributed by atoms with E-state index in [1.807, 2.05) is 18.2 Å². The molecule has 24 heavy (non-hydrogen) atoms. The maximum absolute atomic E-state index is 13.5. The minimum atomic E-state index is -3.55. The first-order valence-corrected chi connectivity index (χ1v) is 10.0. The van der Waals surface area contributed by atoms with Gasteiger partial charge in [-0.15, -0.1) is 0 Å². The molecule has 0 aliphatic heterocycles. The number of ether oxygens (including phenoxy) is 1. The van der Waals surface area contributed by atoms with E-state index in [0.29, 0.717) is 12.2 Å². The van der Waals surface area contributed by atoms with Gasteiger partial charge in [0, 0.05) is 0 Å². The van der Waals surface area contributed by atoms with Crippen molar-refractivity contribution in [2.24, 2.45) is 0 Å². The van der Waals surface area contributed by atoms with E-state index in [-0.39, 0.29) is 13.2 Å². The van der Waals surface area contributed by atoms with Crippen LogP contribution in [0.2, 0.25) is 0 Å². The third-order valence-corrected chi connectivity index (χ3v) is 6.81. The summed E-state index contributed by atoms with van der Waals surface area (Å²) in [4.78, 5) is 0. The largest absolute Gasteiger partial charge is 0.497 e. The van der Waals surface area contributed by atoms with Gasteiger partial charge in [0.25, 0.3) is 0 Å². The lowest BCUT2D eigenvalue weighted by Crippen LogP contribution is -2.36. The van der Waals surface area contributed by atoms with Crippen LogP contribution >= 0.6 is 7.60 Å². The maximum atomic E-state index is 13.5. The zero-order valence-electron chi connectivity index (χ0n) is 14.6.